The van der Waals surface area contributed by atoms with Crippen molar-refractivity contribution in [2.24, 2.45) is 0 Å². The van der Waals surface area contributed by atoms with Gasteiger partial charge in [-0.2, -0.15) is 0 Å². The second-order valence-corrected chi connectivity index (χ2v) is 7.66. The molecular formula is C22H26N2O4S. The highest BCUT2D eigenvalue weighted by atomic mass is 32.2. The van der Waals surface area contributed by atoms with Gasteiger partial charge in [-0.05, 0) is 37.3 Å². The number of thioether (sulfide) groups is 1. The molecule has 0 aliphatic carbocycles. The molecule has 1 saturated heterocycles. The Morgan fingerprint density at radius 1 is 1.00 bits per heavy atom. The second kappa shape index (κ2) is 10.2. The van der Waals surface area contributed by atoms with Crippen LogP contribution in [0.5, 0.6) is 5.75 Å². The number of nitrogens with zero attached hydrogens (tertiary/aromatic N) is 2. The van der Waals surface area contributed by atoms with E-state index in [0.717, 1.165) is 11.3 Å². The molecule has 2 amide bonds. The van der Waals surface area contributed by atoms with Crippen molar-refractivity contribution in [3.8, 4) is 5.75 Å². The lowest BCUT2D eigenvalue weighted by Crippen LogP contribution is -2.50. The van der Waals surface area contributed by atoms with Crippen molar-refractivity contribution in [3.05, 3.63) is 59.7 Å². The minimum Gasteiger partial charge on any atom is -0.496 e. The van der Waals surface area contributed by atoms with E-state index in [0.29, 0.717) is 44.1 Å². The van der Waals surface area contributed by atoms with Gasteiger partial charge in [0.15, 0.2) is 0 Å². The molecule has 0 radical (unpaired) electrons. The molecule has 7 heteroatoms. The van der Waals surface area contributed by atoms with Gasteiger partial charge in [0.1, 0.15) is 5.75 Å². The summed E-state index contributed by atoms with van der Waals surface area (Å²) in [6.07, 6.45) is -0.315. The molecule has 0 N–H and O–H groups in total. The van der Waals surface area contributed by atoms with Gasteiger partial charge in [0.2, 0.25) is 0 Å². The first kappa shape index (κ1) is 21.0. The van der Waals surface area contributed by atoms with Crippen molar-refractivity contribution >= 4 is 23.8 Å². The van der Waals surface area contributed by atoms with Crippen LogP contribution in [-0.4, -0.2) is 61.7 Å². The SMILES string of the molecule is CCOC(=O)N1CCN(C(=O)c2ccc(OC)c(CSc3ccccc3)c2)CC1. The molecule has 0 atom stereocenters. The van der Waals surface area contributed by atoms with E-state index in [1.807, 2.05) is 30.3 Å². The lowest BCUT2D eigenvalue weighted by molar-refractivity contribution is 0.0570. The number of rotatable bonds is 6. The normalized spacial score (nSPS) is 13.9. The van der Waals surface area contributed by atoms with Gasteiger partial charge in [0.05, 0.1) is 13.7 Å². The summed E-state index contributed by atoms with van der Waals surface area (Å²) >= 11 is 1.70. The van der Waals surface area contributed by atoms with Crippen molar-refractivity contribution in [1.29, 1.82) is 0 Å². The fourth-order valence-corrected chi connectivity index (χ4v) is 4.09. The Hall–Kier alpha value is -2.67. The van der Waals surface area contributed by atoms with Gasteiger partial charge in [0.25, 0.3) is 5.91 Å². The van der Waals surface area contributed by atoms with Crippen LogP contribution < -0.4 is 4.74 Å². The van der Waals surface area contributed by atoms with Gasteiger partial charge in [0, 0.05) is 48.0 Å². The van der Waals surface area contributed by atoms with Gasteiger partial charge >= 0.3 is 6.09 Å². The van der Waals surface area contributed by atoms with Gasteiger partial charge in [-0.15, -0.1) is 11.8 Å². The first-order chi connectivity index (χ1) is 14.1. The molecule has 29 heavy (non-hydrogen) atoms. The van der Waals surface area contributed by atoms with Crippen LogP contribution in [0.15, 0.2) is 53.4 Å². The van der Waals surface area contributed by atoms with Crippen molar-refractivity contribution in [3.63, 3.8) is 0 Å². The lowest BCUT2D eigenvalue weighted by Gasteiger charge is -2.34. The molecule has 0 bridgehead atoms. The van der Waals surface area contributed by atoms with Crippen LogP contribution in [0.1, 0.15) is 22.8 Å². The Labute approximate surface area is 175 Å². The van der Waals surface area contributed by atoms with Gasteiger partial charge in [-0.25, -0.2) is 4.79 Å². The molecular weight excluding hydrogens is 388 g/mol. The molecule has 1 heterocycles. The van der Waals surface area contributed by atoms with Gasteiger partial charge in [-0.3, -0.25) is 4.79 Å². The monoisotopic (exact) mass is 414 g/mol. The number of benzene rings is 2. The molecule has 6 nitrogen and oxygen atoms in total. The average Bonchev–Trinajstić information content (AvgIpc) is 2.78. The van der Waals surface area contributed by atoms with Gasteiger partial charge < -0.3 is 19.3 Å². The van der Waals surface area contributed by atoms with Crippen LogP contribution >= 0.6 is 11.8 Å². The summed E-state index contributed by atoms with van der Waals surface area (Å²) in [6.45, 7) is 4.10. The molecule has 3 rings (SSSR count). The molecule has 0 aromatic heterocycles. The lowest BCUT2D eigenvalue weighted by atomic mass is 10.1. The van der Waals surface area contributed by atoms with Crippen LogP contribution in [0.3, 0.4) is 0 Å². The highest BCUT2D eigenvalue weighted by molar-refractivity contribution is 7.98. The molecule has 0 spiro atoms. The standard InChI is InChI=1S/C22H26N2O4S/c1-3-28-22(26)24-13-11-23(12-14-24)21(25)17-9-10-20(27-2)18(15-17)16-29-19-7-5-4-6-8-19/h4-10,15H,3,11-14,16H2,1-2H3. The Morgan fingerprint density at radius 2 is 1.69 bits per heavy atom. The second-order valence-electron chi connectivity index (χ2n) is 6.61. The zero-order valence-electron chi connectivity index (χ0n) is 16.8. The molecule has 1 aliphatic rings. The van der Waals surface area contributed by atoms with E-state index in [1.165, 1.54) is 4.90 Å². The number of carbonyl (C=O) groups is 2. The smallest absolute Gasteiger partial charge is 0.409 e. The summed E-state index contributed by atoms with van der Waals surface area (Å²) in [5.41, 5.74) is 1.62. The highest BCUT2D eigenvalue weighted by Gasteiger charge is 2.25. The molecule has 154 valence electrons. The largest absolute Gasteiger partial charge is 0.496 e. The van der Waals surface area contributed by atoms with Crippen LogP contribution in [0.2, 0.25) is 0 Å². The third kappa shape index (κ3) is 5.44. The Kier molecular flexibility index (Phi) is 7.41. The zero-order valence-corrected chi connectivity index (χ0v) is 17.6. The molecule has 2 aromatic carbocycles. The molecule has 0 unspecified atom stereocenters. The third-order valence-electron chi connectivity index (χ3n) is 4.76. The summed E-state index contributed by atoms with van der Waals surface area (Å²) < 4.78 is 10.5. The Morgan fingerprint density at radius 3 is 2.34 bits per heavy atom. The van der Waals surface area contributed by atoms with Crippen molar-refractivity contribution in [2.75, 3.05) is 39.9 Å². The molecule has 2 aromatic rings. The number of hydrogen-bond donors (Lipinski definition) is 0. The third-order valence-corrected chi connectivity index (χ3v) is 5.82. The number of ether oxygens (including phenoxy) is 2. The Bertz CT molecular complexity index is 836. The predicted octanol–water partition coefficient (Wildman–Crippen LogP) is 3.90. The zero-order chi connectivity index (χ0) is 20.6. The minimum atomic E-state index is -0.315. The average molecular weight is 415 g/mol. The summed E-state index contributed by atoms with van der Waals surface area (Å²) in [5, 5.41) is 0. The van der Waals surface area contributed by atoms with E-state index >= 15 is 0 Å². The fourth-order valence-electron chi connectivity index (χ4n) is 3.19. The van der Waals surface area contributed by atoms with Crippen molar-refractivity contribution < 1.29 is 19.1 Å². The Balaban J connectivity index is 1.65. The van der Waals surface area contributed by atoms with E-state index in [4.69, 9.17) is 9.47 Å². The topological polar surface area (TPSA) is 59.1 Å². The van der Waals surface area contributed by atoms with E-state index in [-0.39, 0.29) is 12.0 Å². The van der Waals surface area contributed by atoms with Crippen LogP contribution in [0, 0.1) is 0 Å². The summed E-state index contributed by atoms with van der Waals surface area (Å²) in [7, 11) is 1.64. The minimum absolute atomic E-state index is 0.0258. The maximum Gasteiger partial charge on any atom is 0.409 e. The van der Waals surface area contributed by atoms with Crippen molar-refractivity contribution in [1.82, 2.24) is 9.80 Å². The van der Waals surface area contributed by atoms with Gasteiger partial charge in [-0.1, -0.05) is 18.2 Å². The van der Waals surface area contributed by atoms with E-state index in [2.05, 4.69) is 12.1 Å². The van der Waals surface area contributed by atoms with Crippen LogP contribution in [0.25, 0.3) is 0 Å². The predicted molar refractivity (Wildman–Crippen MR) is 113 cm³/mol. The number of methoxy groups -OCH3 is 1. The highest BCUT2D eigenvalue weighted by Crippen LogP contribution is 2.29. The van der Waals surface area contributed by atoms with E-state index in [9.17, 15) is 9.59 Å². The number of hydrogen-bond acceptors (Lipinski definition) is 5. The number of carbonyl (C=O) groups excluding carboxylic acids is 2. The molecule has 0 saturated carbocycles. The number of amides is 2. The molecule has 1 aliphatic heterocycles. The first-order valence-electron chi connectivity index (χ1n) is 9.68. The molecule has 1 fully saturated rings. The van der Waals surface area contributed by atoms with Crippen LogP contribution in [0.4, 0.5) is 4.79 Å². The maximum absolute atomic E-state index is 13.0. The maximum atomic E-state index is 13.0. The van der Waals surface area contributed by atoms with E-state index < -0.39 is 0 Å². The van der Waals surface area contributed by atoms with E-state index in [1.54, 1.807) is 41.7 Å². The van der Waals surface area contributed by atoms with Crippen LogP contribution in [-0.2, 0) is 10.5 Å². The van der Waals surface area contributed by atoms with Crippen molar-refractivity contribution in [2.45, 2.75) is 17.6 Å². The first-order valence-corrected chi connectivity index (χ1v) is 10.7. The quantitative estimate of drug-likeness (QED) is 0.671. The number of piperazine rings is 1. The summed E-state index contributed by atoms with van der Waals surface area (Å²) in [6, 6.07) is 15.7. The summed E-state index contributed by atoms with van der Waals surface area (Å²) in [5.74, 6) is 1.46. The fraction of sp³-hybridized carbons (Fsp3) is 0.364. The summed E-state index contributed by atoms with van der Waals surface area (Å²) in [4.78, 5) is 29.4.